The van der Waals surface area contributed by atoms with Crippen LogP contribution in [-0.2, 0) is 0 Å². The summed E-state index contributed by atoms with van der Waals surface area (Å²) in [4.78, 5) is 25.8. The van der Waals surface area contributed by atoms with Gasteiger partial charge in [-0.2, -0.15) is 0 Å². The Morgan fingerprint density at radius 3 is 2.68 bits per heavy atom. The maximum atomic E-state index is 12.1. The van der Waals surface area contributed by atoms with E-state index in [0.717, 1.165) is 31.2 Å². The molecule has 0 unspecified atom stereocenters. The van der Waals surface area contributed by atoms with E-state index < -0.39 is 5.97 Å². The highest BCUT2D eigenvalue weighted by molar-refractivity contribution is 5.92. The molecule has 5 heteroatoms. The van der Waals surface area contributed by atoms with Crippen LogP contribution in [0.2, 0.25) is 0 Å². The average Bonchev–Trinajstić information content (AvgIpc) is 2.74. The van der Waals surface area contributed by atoms with E-state index in [2.05, 4.69) is 4.98 Å². The van der Waals surface area contributed by atoms with Crippen LogP contribution in [0.4, 0.5) is 0 Å². The van der Waals surface area contributed by atoms with Crippen LogP contribution in [-0.4, -0.2) is 20.6 Å². The fourth-order valence-electron chi connectivity index (χ4n) is 2.97. The van der Waals surface area contributed by atoms with Gasteiger partial charge in [-0.25, -0.2) is 9.59 Å². The Bertz CT molecular complexity index is 678. The maximum Gasteiger partial charge on any atom is 0.335 e. The molecule has 5 nitrogen and oxygen atoms in total. The third-order valence-electron chi connectivity index (χ3n) is 3.90. The summed E-state index contributed by atoms with van der Waals surface area (Å²) in [7, 11) is 0. The van der Waals surface area contributed by atoms with Gasteiger partial charge in [0.05, 0.1) is 16.6 Å². The minimum atomic E-state index is -0.979. The highest BCUT2D eigenvalue weighted by atomic mass is 16.4. The van der Waals surface area contributed by atoms with E-state index in [4.69, 9.17) is 5.11 Å². The average molecular weight is 260 g/mol. The molecule has 2 N–H and O–H groups in total. The van der Waals surface area contributed by atoms with Crippen molar-refractivity contribution in [1.29, 1.82) is 0 Å². The number of nitrogens with zero attached hydrogens (tertiary/aromatic N) is 1. The minimum absolute atomic E-state index is 0.135. The van der Waals surface area contributed by atoms with Crippen LogP contribution in [0.5, 0.6) is 0 Å². The van der Waals surface area contributed by atoms with Crippen LogP contribution < -0.4 is 5.69 Å². The molecule has 3 rings (SSSR count). The number of aromatic amines is 1. The first-order chi connectivity index (χ1) is 9.16. The summed E-state index contributed by atoms with van der Waals surface area (Å²) in [6.45, 7) is 0. The summed E-state index contributed by atoms with van der Waals surface area (Å²) in [5, 5.41) is 8.97. The van der Waals surface area contributed by atoms with Gasteiger partial charge in [-0.05, 0) is 31.0 Å². The molecular weight excluding hydrogens is 244 g/mol. The van der Waals surface area contributed by atoms with Gasteiger partial charge in [-0.3, -0.25) is 4.57 Å². The number of rotatable bonds is 2. The van der Waals surface area contributed by atoms with Gasteiger partial charge < -0.3 is 10.1 Å². The quantitative estimate of drug-likeness (QED) is 0.871. The molecular formula is C14H16N2O3. The number of carboxylic acid groups (broad SMARTS) is 1. The summed E-state index contributed by atoms with van der Waals surface area (Å²) in [5.74, 6) is -0.979. The van der Waals surface area contributed by atoms with Crippen LogP contribution in [0.3, 0.4) is 0 Å². The molecule has 0 bridgehead atoms. The molecule has 2 aromatic rings. The second-order valence-corrected chi connectivity index (χ2v) is 5.13. The third kappa shape index (κ3) is 2.05. The first-order valence-electron chi connectivity index (χ1n) is 6.64. The molecule has 19 heavy (non-hydrogen) atoms. The molecule has 0 spiro atoms. The predicted molar refractivity (Wildman–Crippen MR) is 71.6 cm³/mol. The normalized spacial score (nSPS) is 16.8. The van der Waals surface area contributed by atoms with Gasteiger partial charge in [-0.1, -0.05) is 19.3 Å². The molecule has 0 amide bonds. The summed E-state index contributed by atoms with van der Waals surface area (Å²) in [6.07, 6.45) is 5.58. The van der Waals surface area contributed by atoms with Crippen LogP contribution in [0.15, 0.2) is 23.0 Å². The van der Waals surface area contributed by atoms with Crippen molar-refractivity contribution in [2.75, 3.05) is 0 Å². The number of imidazole rings is 1. The second-order valence-electron chi connectivity index (χ2n) is 5.13. The first kappa shape index (κ1) is 12.0. The fourth-order valence-corrected chi connectivity index (χ4v) is 2.97. The number of nitrogens with one attached hydrogen (secondary N) is 1. The lowest BCUT2D eigenvalue weighted by atomic mass is 9.95. The monoisotopic (exact) mass is 260 g/mol. The van der Waals surface area contributed by atoms with Crippen molar-refractivity contribution >= 4 is 17.0 Å². The molecule has 1 fully saturated rings. The zero-order chi connectivity index (χ0) is 13.4. The van der Waals surface area contributed by atoms with E-state index in [1.165, 1.54) is 12.5 Å². The highest BCUT2D eigenvalue weighted by Crippen LogP contribution is 2.29. The number of fused-ring (bicyclic) bond motifs is 1. The number of hydrogen-bond acceptors (Lipinski definition) is 2. The molecule has 0 saturated heterocycles. The van der Waals surface area contributed by atoms with Gasteiger partial charge in [0.15, 0.2) is 0 Å². The Balaban J connectivity index is 2.11. The number of H-pyrrole nitrogens is 1. The zero-order valence-corrected chi connectivity index (χ0v) is 10.6. The van der Waals surface area contributed by atoms with E-state index in [1.807, 2.05) is 0 Å². The van der Waals surface area contributed by atoms with E-state index in [0.29, 0.717) is 5.52 Å². The molecule has 1 aliphatic carbocycles. The number of carbonyl (C=O) groups is 1. The van der Waals surface area contributed by atoms with Crippen molar-refractivity contribution in [1.82, 2.24) is 9.55 Å². The van der Waals surface area contributed by atoms with Crippen molar-refractivity contribution in [3.8, 4) is 0 Å². The predicted octanol–water partition coefficient (Wildman–Crippen LogP) is 2.53. The Kier molecular flexibility index (Phi) is 2.89. The first-order valence-corrected chi connectivity index (χ1v) is 6.64. The van der Waals surface area contributed by atoms with E-state index >= 15 is 0 Å². The number of aromatic nitrogens is 2. The standard InChI is InChI=1S/C14H16N2O3/c17-13(18)9-6-7-12-11(8-9)15-14(19)16(12)10-4-2-1-3-5-10/h6-8,10H,1-5H2,(H,15,19)(H,17,18). The van der Waals surface area contributed by atoms with E-state index in [9.17, 15) is 9.59 Å². The number of carboxylic acids is 1. The number of aromatic carboxylic acids is 1. The number of hydrogen-bond donors (Lipinski definition) is 2. The lowest BCUT2D eigenvalue weighted by Gasteiger charge is -2.22. The summed E-state index contributed by atoms with van der Waals surface area (Å²) in [5.41, 5.74) is 1.48. The van der Waals surface area contributed by atoms with Crippen molar-refractivity contribution in [2.24, 2.45) is 0 Å². The van der Waals surface area contributed by atoms with Crippen LogP contribution in [0.1, 0.15) is 48.5 Å². The van der Waals surface area contributed by atoms with Gasteiger partial charge in [0.1, 0.15) is 0 Å². The molecule has 1 aromatic heterocycles. The smallest absolute Gasteiger partial charge is 0.335 e. The second kappa shape index (κ2) is 4.57. The van der Waals surface area contributed by atoms with Crippen molar-refractivity contribution in [3.63, 3.8) is 0 Å². The molecule has 0 aliphatic heterocycles. The third-order valence-corrected chi connectivity index (χ3v) is 3.90. The molecule has 0 atom stereocenters. The summed E-state index contributed by atoms with van der Waals surface area (Å²) < 4.78 is 1.79. The lowest BCUT2D eigenvalue weighted by molar-refractivity contribution is 0.0697. The molecule has 100 valence electrons. The lowest BCUT2D eigenvalue weighted by Crippen LogP contribution is -2.23. The van der Waals surface area contributed by atoms with E-state index in [1.54, 1.807) is 16.7 Å². The Labute approximate surface area is 109 Å². The molecule has 0 radical (unpaired) electrons. The Morgan fingerprint density at radius 2 is 2.00 bits per heavy atom. The fraction of sp³-hybridized carbons (Fsp3) is 0.429. The number of benzene rings is 1. The Morgan fingerprint density at radius 1 is 1.26 bits per heavy atom. The van der Waals surface area contributed by atoms with Gasteiger partial charge in [0.2, 0.25) is 0 Å². The van der Waals surface area contributed by atoms with Crippen LogP contribution >= 0.6 is 0 Å². The molecule has 1 aliphatic rings. The Hall–Kier alpha value is -2.04. The zero-order valence-electron chi connectivity index (χ0n) is 10.6. The van der Waals surface area contributed by atoms with Gasteiger partial charge in [-0.15, -0.1) is 0 Å². The SMILES string of the molecule is O=C(O)c1ccc2c(c1)[nH]c(=O)n2C1CCCCC1. The van der Waals surface area contributed by atoms with Crippen molar-refractivity contribution in [3.05, 3.63) is 34.2 Å². The summed E-state index contributed by atoms with van der Waals surface area (Å²) in [6, 6.07) is 5.05. The van der Waals surface area contributed by atoms with Gasteiger partial charge >= 0.3 is 11.7 Å². The highest BCUT2D eigenvalue weighted by Gasteiger charge is 2.20. The van der Waals surface area contributed by atoms with Crippen LogP contribution in [0, 0.1) is 0 Å². The van der Waals surface area contributed by atoms with Gasteiger partial charge in [0, 0.05) is 6.04 Å². The van der Waals surface area contributed by atoms with Gasteiger partial charge in [0.25, 0.3) is 0 Å². The van der Waals surface area contributed by atoms with Crippen molar-refractivity contribution in [2.45, 2.75) is 38.1 Å². The van der Waals surface area contributed by atoms with E-state index in [-0.39, 0.29) is 17.3 Å². The maximum absolute atomic E-state index is 12.1. The largest absolute Gasteiger partial charge is 0.478 e. The molecule has 1 aromatic carbocycles. The van der Waals surface area contributed by atoms with Crippen molar-refractivity contribution < 1.29 is 9.90 Å². The van der Waals surface area contributed by atoms with Crippen LogP contribution in [0.25, 0.3) is 11.0 Å². The topological polar surface area (TPSA) is 75.1 Å². The molecule has 1 heterocycles. The summed E-state index contributed by atoms with van der Waals surface area (Å²) >= 11 is 0. The minimum Gasteiger partial charge on any atom is -0.478 e. The molecule has 1 saturated carbocycles.